The van der Waals surface area contributed by atoms with Gasteiger partial charge < -0.3 is 5.32 Å². The van der Waals surface area contributed by atoms with Gasteiger partial charge >= 0.3 is 0 Å². The first kappa shape index (κ1) is 11.9. The third kappa shape index (κ3) is 3.47. The van der Waals surface area contributed by atoms with Gasteiger partial charge in [0.15, 0.2) is 0 Å². The van der Waals surface area contributed by atoms with E-state index in [9.17, 15) is 13.6 Å². The van der Waals surface area contributed by atoms with Crippen LogP contribution in [-0.4, -0.2) is 11.3 Å². The SMILES string of the molecule is CC(Cl)C(=O)NCc1cc(F)ccc1F. The summed E-state index contributed by atoms with van der Waals surface area (Å²) in [7, 11) is 0. The van der Waals surface area contributed by atoms with Crippen LogP contribution in [0.5, 0.6) is 0 Å². The second kappa shape index (κ2) is 5.07. The number of carbonyl (C=O) groups excluding carboxylic acids is 1. The van der Waals surface area contributed by atoms with E-state index < -0.39 is 22.9 Å². The first-order valence-corrected chi connectivity index (χ1v) is 4.80. The molecule has 0 saturated heterocycles. The minimum Gasteiger partial charge on any atom is -0.351 e. The van der Waals surface area contributed by atoms with Gasteiger partial charge in [-0.25, -0.2) is 8.78 Å². The Balaban J connectivity index is 2.65. The van der Waals surface area contributed by atoms with Gasteiger partial charge in [-0.2, -0.15) is 0 Å². The molecular formula is C10H10ClF2NO. The van der Waals surface area contributed by atoms with Crippen LogP contribution in [0.25, 0.3) is 0 Å². The Morgan fingerprint density at radius 3 is 2.80 bits per heavy atom. The highest BCUT2D eigenvalue weighted by Crippen LogP contribution is 2.09. The fourth-order valence-corrected chi connectivity index (χ4v) is 1.08. The highest BCUT2D eigenvalue weighted by atomic mass is 35.5. The topological polar surface area (TPSA) is 29.1 Å². The minimum atomic E-state index is -0.693. The molecule has 0 saturated carbocycles. The lowest BCUT2D eigenvalue weighted by Gasteiger charge is -2.07. The van der Waals surface area contributed by atoms with Crippen LogP contribution in [0.3, 0.4) is 0 Å². The summed E-state index contributed by atoms with van der Waals surface area (Å²) in [6, 6.07) is 3.07. The summed E-state index contributed by atoms with van der Waals surface area (Å²) in [5.41, 5.74) is 0.0978. The summed E-state index contributed by atoms with van der Waals surface area (Å²) in [6.07, 6.45) is 0. The number of hydrogen-bond donors (Lipinski definition) is 1. The predicted octanol–water partition coefficient (Wildman–Crippen LogP) is 2.21. The zero-order valence-electron chi connectivity index (χ0n) is 8.06. The van der Waals surface area contributed by atoms with E-state index in [4.69, 9.17) is 11.6 Å². The van der Waals surface area contributed by atoms with Crippen molar-refractivity contribution in [1.29, 1.82) is 0 Å². The molecule has 15 heavy (non-hydrogen) atoms. The van der Waals surface area contributed by atoms with Gasteiger partial charge in [0, 0.05) is 12.1 Å². The number of hydrogen-bond acceptors (Lipinski definition) is 1. The average molecular weight is 234 g/mol. The summed E-state index contributed by atoms with van der Waals surface area (Å²) in [6.45, 7) is 1.43. The van der Waals surface area contributed by atoms with Crippen LogP contribution in [0.2, 0.25) is 0 Å². The molecule has 0 spiro atoms. The number of halogens is 3. The van der Waals surface area contributed by atoms with Gasteiger partial charge in [-0.1, -0.05) is 0 Å². The number of benzene rings is 1. The van der Waals surface area contributed by atoms with E-state index in [2.05, 4.69) is 5.32 Å². The standard InChI is InChI=1S/C10H10ClF2NO/c1-6(11)10(15)14-5-7-4-8(12)2-3-9(7)13/h2-4,6H,5H2,1H3,(H,14,15). The molecule has 0 bridgehead atoms. The van der Waals surface area contributed by atoms with Gasteiger partial charge in [-0.05, 0) is 25.1 Å². The van der Waals surface area contributed by atoms with Crippen molar-refractivity contribution in [3.63, 3.8) is 0 Å². The normalized spacial score (nSPS) is 12.3. The minimum absolute atomic E-state index is 0.0700. The number of amides is 1. The Labute approximate surface area is 91.2 Å². The molecule has 1 N–H and O–H groups in total. The van der Waals surface area contributed by atoms with E-state index in [-0.39, 0.29) is 12.1 Å². The zero-order chi connectivity index (χ0) is 11.4. The van der Waals surface area contributed by atoms with Crippen LogP contribution in [0.15, 0.2) is 18.2 Å². The number of nitrogens with one attached hydrogen (secondary N) is 1. The molecule has 1 aromatic rings. The second-order valence-electron chi connectivity index (χ2n) is 3.07. The van der Waals surface area contributed by atoms with E-state index in [0.717, 1.165) is 18.2 Å². The van der Waals surface area contributed by atoms with Gasteiger partial charge in [-0.3, -0.25) is 4.79 Å². The predicted molar refractivity (Wildman–Crippen MR) is 53.5 cm³/mol. The van der Waals surface area contributed by atoms with Crippen molar-refractivity contribution in [1.82, 2.24) is 5.32 Å². The van der Waals surface area contributed by atoms with Gasteiger partial charge in [0.2, 0.25) is 5.91 Å². The van der Waals surface area contributed by atoms with Crippen molar-refractivity contribution in [3.05, 3.63) is 35.4 Å². The summed E-state index contributed by atoms with van der Waals surface area (Å²) in [5.74, 6) is -1.51. The molecule has 0 heterocycles. The van der Waals surface area contributed by atoms with Gasteiger partial charge in [-0.15, -0.1) is 11.6 Å². The van der Waals surface area contributed by atoms with Crippen molar-refractivity contribution in [2.45, 2.75) is 18.8 Å². The summed E-state index contributed by atoms with van der Waals surface area (Å²) >= 11 is 5.49. The molecular weight excluding hydrogens is 224 g/mol. The molecule has 1 rings (SSSR count). The highest BCUT2D eigenvalue weighted by Gasteiger charge is 2.10. The molecule has 5 heteroatoms. The maximum atomic E-state index is 13.1. The highest BCUT2D eigenvalue weighted by molar-refractivity contribution is 6.30. The first-order chi connectivity index (χ1) is 7.00. The van der Waals surface area contributed by atoms with Gasteiger partial charge in [0.1, 0.15) is 17.0 Å². The maximum absolute atomic E-state index is 13.1. The maximum Gasteiger partial charge on any atom is 0.238 e. The summed E-state index contributed by atoms with van der Waals surface area (Å²) in [5, 5.41) is 1.70. The lowest BCUT2D eigenvalue weighted by molar-refractivity contribution is -0.120. The van der Waals surface area contributed by atoms with Crippen molar-refractivity contribution >= 4 is 17.5 Å². The number of alkyl halides is 1. The molecule has 82 valence electrons. The molecule has 2 nitrogen and oxygen atoms in total. The molecule has 0 fully saturated rings. The van der Waals surface area contributed by atoms with Gasteiger partial charge in [0.25, 0.3) is 0 Å². The van der Waals surface area contributed by atoms with Gasteiger partial charge in [0.05, 0.1) is 0 Å². The molecule has 0 aromatic heterocycles. The number of rotatable bonds is 3. The monoisotopic (exact) mass is 233 g/mol. The van der Waals surface area contributed by atoms with E-state index in [0.29, 0.717) is 0 Å². The Morgan fingerprint density at radius 2 is 2.20 bits per heavy atom. The Bertz CT molecular complexity index is 368. The molecule has 0 aliphatic carbocycles. The van der Waals surface area contributed by atoms with Crippen LogP contribution in [0, 0.1) is 11.6 Å². The van der Waals surface area contributed by atoms with Crippen LogP contribution in [0.4, 0.5) is 8.78 Å². The van der Waals surface area contributed by atoms with E-state index in [1.165, 1.54) is 6.92 Å². The van der Waals surface area contributed by atoms with E-state index >= 15 is 0 Å². The molecule has 0 radical (unpaired) electrons. The van der Waals surface area contributed by atoms with Crippen molar-refractivity contribution in [3.8, 4) is 0 Å². The van der Waals surface area contributed by atoms with Crippen LogP contribution < -0.4 is 5.32 Å². The van der Waals surface area contributed by atoms with Crippen LogP contribution in [-0.2, 0) is 11.3 Å². The van der Waals surface area contributed by atoms with Crippen molar-refractivity contribution in [2.24, 2.45) is 0 Å². The smallest absolute Gasteiger partial charge is 0.238 e. The molecule has 1 aromatic carbocycles. The second-order valence-corrected chi connectivity index (χ2v) is 3.72. The lowest BCUT2D eigenvalue weighted by Crippen LogP contribution is -2.29. The number of carbonyl (C=O) groups is 1. The molecule has 1 amide bonds. The summed E-state index contributed by atoms with van der Waals surface area (Å²) < 4.78 is 25.8. The van der Waals surface area contributed by atoms with E-state index in [1.54, 1.807) is 0 Å². The fourth-order valence-electron chi connectivity index (χ4n) is 1.00. The summed E-state index contributed by atoms with van der Waals surface area (Å²) in [4.78, 5) is 11.1. The van der Waals surface area contributed by atoms with Crippen molar-refractivity contribution < 1.29 is 13.6 Å². The molecule has 1 unspecified atom stereocenters. The average Bonchev–Trinajstić information content (AvgIpc) is 2.18. The largest absolute Gasteiger partial charge is 0.351 e. The zero-order valence-corrected chi connectivity index (χ0v) is 8.81. The van der Waals surface area contributed by atoms with Crippen molar-refractivity contribution in [2.75, 3.05) is 0 Å². The third-order valence-corrected chi connectivity index (χ3v) is 2.02. The molecule has 0 aliphatic heterocycles. The molecule has 0 aliphatic rings. The molecule has 1 atom stereocenters. The first-order valence-electron chi connectivity index (χ1n) is 4.36. The fraction of sp³-hybridized carbons (Fsp3) is 0.300. The Kier molecular flexibility index (Phi) is 4.03. The van der Waals surface area contributed by atoms with Crippen LogP contribution in [0.1, 0.15) is 12.5 Å². The van der Waals surface area contributed by atoms with E-state index in [1.807, 2.05) is 0 Å². The van der Waals surface area contributed by atoms with Crippen LogP contribution >= 0.6 is 11.6 Å². The quantitative estimate of drug-likeness (QED) is 0.797. The Morgan fingerprint density at radius 1 is 1.53 bits per heavy atom. The Hall–Kier alpha value is -1.16. The third-order valence-electron chi connectivity index (χ3n) is 1.82. The lowest BCUT2D eigenvalue weighted by atomic mass is 10.2.